The lowest BCUT2D eigenvalue weighted by Crippen LogP contribution is -2.09. The van der Waals surface area contributed by atoms with Crippen LogP contribution in [0.15, 0.2) is 42.5 Å². The first kappa shape index (κ1) is 13.9. The van der Waals surface area contributed by atoms with Crippen LogP contribution in [0.5, 0.6) is 0 Å². The van der Waals surface area contributed by atoms with E-state index in [9.17, 15) is 4.39 Å². The summed E-state index contributed by atoms with van der Waals surface area (Å²) in [7, 11) is 0. The van der Waals surface area contributed by atoms with Crippen molar-refractivity contribution in [2.24, 2.45) is 0 Å². The maximum Gasteiger partial charge on any atom is 0.204 e. The van der Waals surface area contributed by atoms with Crippen molar-refractivity contribution in [2.75, 3.05) is 11.9 Å². The van der Waals surface area contributed by atoms with Crippen LogP contribution in [0, 0.1) is 5.82 Å². The Balaban J connectivity index is 2.12. The third-order valence-corrected chi connectivity index (χ3v) is 3.72. The zero-order chi connectivity index (χ0) is 14.8. The molecular formula is C16H15ClFN3. The van der Waals surface area contributed by atoms with Gasteiger partial charge in [-0.15, -0.1) is 0 Å². The monoisotopic (exact) mass is 303 g/mol. The molecule has 3 nitrogen and oxygen atoms in total. The summed E-state index contributed by atoms with van der Waals surface area (Å²) < 4.78 is 16.0. The molecule has 5 heteroatoms. The number of hydrogen-bond donors (Lipinski definition) is 1. The predicted octanol–water partition coefficient (Wildman–Crippen LogP) is 4.31. The molecule has 0 atom stereocenters. The Bertz CT molecular complexity index is 762. The van der Waals surface area contributed by atoms with Crippen LogP contribution in [-0.2, 0) is 6.54 Å². The molecule has 0 saturated heterocycles. The van der Waals surface area contributed by atoms with Gasteiger partial charge in [-0.25, -0.2) is 9.37 Å². The molecule has 0 amide bonds. The number of aromatic nitrogens is 2. The van der Waals surface area contributed by atoms with Gasteiger partial charge in [0, 0.05) is 17.1 Å². The van der Waals surface area contributed by atoms with Crippen molar-refractivity contribution in [2.45, 2.75) is 13.5 Å². The second-order valence-corrected chi connectivity index (χ2v) is 5.15. The highest BCUT2D eigenvalue weighted by molar-refractivity contribution is 6.31. The van der Waals surface area contributed by atoms with Gasteiger partial charge in [0.2, 0.25) is 5.95 Å². The minimum Gasteiger partial charge on any atom is -0.356 e. The SMILES string of the molecule is CCNc1nc2ccccc2n1Cc1c(F)cccc1Cl. The average molecular weight is 304 g/mol. The smallest absolute Gasteiger partial charge is 0.204 e. The van der Waals surface area contributed by atoms with Crippen LogP contribution in [-0.4, -0.2) is 16.1 Å². The van der Waals surface area contributed by atoms with Gasteiger partial charge in [-0.2, -0.15) is 0 Å². The van der Waals surface area contributed by atoms with Gasteiger partial charge in [-0.1, -0.05) is 29.8 Å². The number of benzene rings is 2. The Kier molecular flexibility index (Phi) is 3.80. The summed E-state index contributed by atoms with van der Waals surface area (Å²) in [4.78, 5) is 4.54. The van der Waals surface area contributed by atoms with E-state index in [-0.39, 0.29) is 5.82 Å². The van der Waals surface area contributed by atoms with Crippen molar-refractivity contribution < 1.29 is 4.39 Å². The van der Waals surface area contributed by atoms with Gasteiger partial charge in [0.1, 0.15) is 5.82 Å². The maximum atomic E-state index is 14.0. The van der Waals surface area contributed by atoms with E-state index in [2.05, 4.69) is 10.3 Å². The fraction of sp³-hybridized carbons (Fsp3) is 0.188. The molecule has 3 aromatic rings. The Morgan fingerprint density at radius 1 is 1.19 bits per heavy atom. The van der Waals surface area contributed by atoms with E-state index < -0.39 is 0 Å². The lowest BCUT2D eigenvalue weighted by atomic mass is 10.2. The van der Waals surface area contributed by atoms with Crippen LogP contribution in [0.1, 0.15) is 12.5 Å². The van der Waals surface area contributed by atoms with Crippen LogP contribution < -0.4 is 5.32 Å². The molecule has 0 unspecified atom stereocenters. The lowest BCUT2D eigenvalue weighted by Gasteiger charge is -2.11. The van der Waals surface area contributed by atoms with Gasteiger partial charge in [0.15, 0.2) is 0 Å². The molecule has 0 saturated carbocycles. The minimum absolute atomic E-state index is 0.303. The van der Waals surface area contributed by atoms with Crippen molar-refractivity contribution in [3.63, 3.8) is 0 Å². The molecular weight excluding hydrogens is 289 g/mol. The third kappa shape index (κ3) is 2.59. The Morgan fingerprint density at radius 2 is 2.00 bits per heavy atom. The first-order chi connectivity index (χ1) is 10.2. The van der Waals surface area contributed by atoms with Crippen LogP contribution in [0.2, 0.25) is 5.02 Å². The first-order valence-electron chi connectivity index (χ1n) is 6.82. The summed E-state index contributed by atoms with van der Waals surface area (Å²) in [5.74, 6) is 0.417. The van der Waals surface area contributed by atoms with Crippen LogP contribution in [0.3, 0.4) is 0 Å². The molecule has 1 aromatic heterocycles. The molecule has 0 radical (unpaired) electrons. The molecule has 3 rings (SSSR count). The average Bonchev–Trinajstić information content (AvgIpc) is 2.81. The highest BCUT2D eigenvalue weighted by Gasteiger charge is 2.14. The zero-order valence-electron chi connectivity index (χ0n) is 11.6. The number of fused-ring (bicyclic) bond motifs is 1. The van der Waals surface area contributed by atoms with Gasteiger partial charge in [0.25, 0.3) is 0 Å². The van der Waals surface area contributed by atoms with Crippen molar-refractivity contribution in [3.05, 3.63) is 58.9 Å². The molecule has 0 aliphatic heterocycles. The number of nitrogens with one attached hydrogen (secondary N) is 1. The molecule has 0 fully saturated rings. The van der Waals surface area contributed by atoms with E-state index in [0.717, 1.165) is 23.5 Å². The fourth-order valence-corrected chi connectivity index (χ4v) is 2.59. The minimum atomic E-state index is -0.303. The van der Waals surface area contributed by atoms with Crippen LogP contribution >= 0.6 is 11.6 Å². The Hall–Kier alpha value is -2.07. The van der Waals surface area contributed by atoms with E-state index in [1.54, 1.807) is 12.1 Å². The molecule has 21 heavy (non-hydrogen) atoms. The van der Waals surface area contributed by atoms with Crippen LogP contribution in [0.25, 0.3) is 11.0 Å². The number of rotatable bonds is 4. The van der Waals surface area contributed by atoms with E-state index in [4.69, 9.17) is 11.6 Å². The quantitative estimate of drug-likeness (QED) is 0.778. The van der Waals surface area contributed by atoms with Crippen molar-refractivity contribution in [1.29, 1.82) is 0 Å². The largest absolute Gasteiger partial charge is 0.356 e. The van der Waals surface area contributed by atoms with E-state index >= 15 is 0 Å². The molecule has 0 bridgehead atoms. The van der Waals surface area contributed by atoms with Crippen molar-refractivity contribution in [3.8, 4) is 0 Å². The Labute approximate surface area is 127 Å². The Morgan fingerprint density at radius 3 is 2.76 bits per heavy atom. The highest BCUT2D eigenvalue weighted by atomic mass is 35.5. The second-order valence-electron chi connectivity index (χ2n) is 4.74. The summed E-state index contributed by atoms with van der Waals surface area (Å²) in [6.07, 6.45) is 0. The topological polar surface area (TPSA) is 29.9 Å². The summed E-state index contributed by atoms with van der Waals surface area (Å²) in [6.45, 7) is 3.09. The normalized spacial score (nSPS) is 11.0. The summed E-state index contributed by atoms with van der Waals surface area (Å²) in [6, 6.07) is 12.5. The van der Waals surface area contributed by atoms with E-state index in [1.165, 1.54) is 6.07 Å². The molecule has 1 heterocycles. The van der Waals surface area contributed by atoms with Crippen LogP contribution in [0.4, 0.5) is 10.3 Å². The number of nitrogens with zero attached hydrogens (tertiary/aromatic N) is 2. The van der Waals surface area contributed by atoms with Gasteiger partial charge in [-0.3, -0.25) is 0 Å². The standard InChI is InChI=1S/C16H15ClFN3/c1-2-19-16-20-14-8-3-4-9-15(14)21(16)10-11-12(17)6-5-7-13(11)18/h3-9H,2,10H2,1H3,(H,19,20). The fourth-order valence-electron chi connectivity index (χ4n) is 2.37. The zero-order valence-corrected chi connectivity index (χ0v) is 12.4. The van der Waals surface area contributed by atoms with Gasteiger partial charge in [0.05, 0.1) is 17.6 Å². The molecule has 1 N–H and O–H groups in total. The van der Waals surface area contributed by atoms with E-state index in [0.29, 0.717) is 17.1 Å². The molecule has 2 aromatic carbocycles. The first-order valence-corrected chi connectivity index (χ1v) is 7.20. The maximum absolute atomic E-state index is 14.0. The number of halogens is 2. The molecule has 0 aliphatic carbocycles. The summed E-state index contributed by atoms with van der Waals surface area (Å²) >= 11 is 6.13. The third-order valence-electron chi connectivity index (χ3n) is 3.37. The van der Waals surface area contributed by atoms with Crippen molar-refractivity contribution >= 4 is 28.6 Å². The molecule has 0 spiro atoms. The molecule has 108 valence electrons. The highest BCUT2D eigenvalue weighted by Crippen LogP contribution is 2.25. The second kappa shape index (κ2) is 5.74. The predicted molar refractivity (Wildman–Crippen MR) is 84.4 cm³/mol. The van der Waals surface area contributed by atoms with Crippen molar-refractivity contribution in [1.82, 2.24) is 9.55 Å². The van der Waals surface area contributed by atoms with Gasteiger partial charge >= 0.3 is 0 Å². The van der Waals surface area contributed by atoms with Gasteiger partial charge < -0.3 is 9.88 Å². The molecule has 0 aliphatic rings. The number of hydrogen-bond acceptors (Lipinski definition) is 2. The number of anilines is 1. The lowest BCUT2D eigenvalue weighted by molar-refractivity contribution is 0.602. The van der Waals surface area contributed by atoms with Gasteiger partial charge in [-0.05, 0) is 31.2 Å². The number of para-hydroxylation sites is 2. The number of imidazole rings is 1. The summed E-state index contributed by atoms with van der Waals surface area (Å²) in [5, 5.41) is 3.64. The summed E-state index contributed by atoms with van der Waals surface area (Å²) in [5.41, 5.74) is 2.30. The van der Waals surface area contributed by atoms with E-state index in [1.807, 2.05) is 35.8 Å².